The zero-order chi connectivity index (χ0) is 17.5. The molecule has 0 fully saturated rings. The molecule has 0 atom stereocenters. The minimum atomic E-state index is 0.337. The van der Waals surface area contributed by atoms with Gasteiger partial charge in [0.05, 0.1) is 0 Å². The highest BCUT2D eigenvalue weighted by atomic mass is 16.1. The van der Waals surface area contributed by atoms with Crippen LogP contribution in [0.4, 0.5) is 0 Å². The first kappa shape index (κ1) is 20.2. The average molecular weight is 325 g/mol. The van der Waals surface area contributed by atoms with E-state index in [2.05, 4.69) is 55.5 Å². The lowest BCUT2D eigenvalue weighted by Crippen LogP contribution is -1.89. The monoisotopic (exact) mass is 324 g/mol. The molecule has 0 radical (unpaired) electrons. The Morgan fingerprint density at radius 3 is 1.50 bits per heavy atom. The summed E-state index contributed by atoms with van der Waals surface area (Å²) in [5.41, 5.74) is 2.55. The summed E-state index contributed by atoms with van der Waals surface area (Å²) in [6.45, 7) is 3.91. The fraction of sp³-hybridized carbons (Fsp3) is 0.435. The van der Waals surface area contributed by atoms with Gasteiger partial charge in [-0.1, -0.05) is 106 Å². The van der Waals surface area contributed by atoms with Crippen molar-refractivity contribution in [2.24, 2.45) is 0 Å². The van der Waals surface area contributed by atoms with Crippen molar-refractivity contribution in [3.63, 3.8) is 0 Å². The van der Waals surface area contributed by atoms with E-state index in [-0.39, 0.29) is 0 Å². The van der Waals surface area contributed by atoms with Crippen LogP contribution in [-0.4, -0.2) is 5.78 Å². The van der Waals surface area contributed by atoms with Gasteiger partial charge in [-0.2, -0.15) is 0 Å². The Bertz CT molecular complexity index is 493. The summed E-state index contributed by atoms with van der Waals surface area (Å²) in [7, 11) is 0. The molecule has 0 bridgehead atoms. The molecule has 0 saturated heterocycles. The lowest BCUT2D eigenvalue weighted by molar-refractivity contribution is -0.117. The summed E-state index contributed by atoms with van der Waals surface area (Å²) in [5, 5.41) is 0. The van der Waals surface area contributed by atoms with E-state index in [0.29, 0.717) is 5.78 Å². The van der Waals surface area contributed by atoms with Crippen molar-refractivity contribution >= 4 is 5.78 Å². The van der Waals surface area contributed by atoms with Gasteiger partial charge in [-0.15, -0.1) is 0 Å². The zero-order valence-electron chi connectivity index (χ0n) is 15.3. The average Bonchev–Trinajstić information content (AvgIpc) is 2.63. The van der Waals surface area contributed by atoms with Gasteiger partial charge < -0.3 is 4.79 Å². The van der Waals surface area contributed by atoms with Gasteiger partial charge in [0.15, 0.2) is 0 Å². The molecule has 0 amide bonds. The highest BCUT2D eigenvalue weighted by Gasteiger charge is 1.93. The highest BCUT2D eigenvalue weighted by molar-refractivity contribution is 5.75. The second kappa shape index (κ2) is 13.5. The summed E-state index contributed by atoms with van der Waals surface area (Å²) < 4.78 is 0. The van der Waals surface area contributed by atoms with Crippen molar-refractivity contribution in [1.82, 2.24) is 0 Å². The maximum Gasteiger partial charge on any atom is 0.129 e. The van der Waals surface area contributed by atoms with Crippen molar-refractivity contribution in [3.05, 3.63) is 60.7 Å². The van der Waals surface area contributed by atoms with E-state index in [0.717, 1.165) is 12.8 Å². The Morgan fingerprint density at radius 2 is 1.08 bits per heavy atom. The van der Waals surface area contributed by atoms with Crippen LogP contribution < -0.4 is 0 Å². The van der Waals surface area contributed by atoms with Crippen LogP contribution in [0.25, 0.3) is 11.1 Å². The van der Waals surface area contributed by atoms with Gasteiger partial charge in [0.25, 0.3) is 0 Å². The molecule has 24 heavy (non-hydrogen) atoms. The Morgan fingerprint density at radius 1 is 0.667 bits per heavy atom. The molecular weight excluding hydrogens is 292 g/mol. The van der Waals surface area contributed by atoms with Gasteiger partial charge in [-0.3, -0.25) is 0 Å². The number of benzene rings is 2. The summed E-state index contributed by atoms with van der Waals surface area (Å²) >= 11 is 0. The van der Waals surface area contributed by atoms with E-state index in [9.17, 15) is 4.79 Å². The van der Waals surface area contributed by atoms with Crippen LogP contribution >= 0.6 is 0 Å². The number of hydrogen-bond acceptors (Lipinski definition) is 1. The van der Waals surface area contributed by atoms with Gasteiger partial charge in [-0.25, -0.2) is 0 Å². The Hall–Kier alpha value is -1.89. The van der Waals surface area contributed by atoms with Crippen LogP contribution in [0, 0.1) is 0 Å². The molecule has 130 valence electrons. The Labute approximate surface area is 148 Å². The normalized spacial score (nSPS) is 9.92. The van der Waals surface area contributed by atoms with E-state index >= 15 is 0 Å². The van der Waals surface area contributed by atoms with E-state index in [1.54, 1.807) is 6.92 Å². The number of rotatable bonds is 9. The van der Waals surface area contributed by atoms with Crippen LogP contribution in [0.2, 0.25) is 0 Å². The number of hydrogen-bond donors (Lipinski definition) is 0. The first-order valence-corrected chi connectivity index (χ1v) is 9.34. The van der Waals surface area contributed by atoms with Crippen LogP contribution in [0.1, 0.15) is 65.2 Å². The number of carbonyl (C=O) groups is 1. The van der Waals surface area contributed by atoms with Crippen molar-refractivity contribution in [2.45, 2.75) is 65.2 Å². The van der Waals surface area contributed by atoms with E-state index in [1.807, 2.05) is 12.1 Å². The van der Waals surface area contributed by atoms with Crippen LogP contribution in [0.3, 0.4) is 0 Å². The first-order valence-electron chi connectivity index (χ1n) is 9.34. The third kappa shape index (κ3) is 9.99. The number of carbonyl (C=O) groups excluding carboxylic acids is 1. The third-order valence-corrected chi connectivity index (χ3v) is 4.01. The molecule has 2 rings (SSSR count). The summed E-state index contributed by atoms with van der Waals surface area (Å²) in [6.07, 6.45) is 9.84. The second-order valence-electron chi connectivity index (χ2n) is 6.31. The summed E-state index contributed by atoms with van der Waals surface area (Å²) in [4.78, 5) is 10.6. The standard InChI is InChI=1S/C12H10.C11H22O/c1-3-7-11(8-4-1)12-9-5-2-6-10-12;1-3-4-5-6-7-8-9-10-11(2)12/h1-10H;3-10H2,1-2H3. The van der Waals surface area contributed by atoms with Gasteiger partial charge in [0, 0.05) is 6.42 Å². The van der Waals surface area contributed by atoms with Gasteiger partial charge in [0.2, 0.25) is 0 Å². The van der Waals surface area contributed by atoms with Crippen LogP contribution in [-0.2, 0) is 4.79 Å². The van der Waals surface area contributed by atoms with E-state index in [4.69, 9.17) is 0 Å². The van der Waals surface area contributed by atoms with Gasteiger partial charge in [0.1, 0.15) is 5.78 Å². The fourth-order valence-corrected chi connectivity index (χ4v) is 2.59. The maximum absolute atomic E-state index is 10.6. The number of Topliss-reactive ketones (excluding diaryl/α,β-unsaturated/α-hetero) is 1. The van der Waals surface area contributed by atoms with Crippen LogP contribution in [0.5, 0.6) is 0 Å². The molecule has 1 heteroatoms. The summed E-state index contributed by atoms with van der Waals surface area (Å²) in [5.74, 6) is 0.337. The first-order chi connectivity index (χ1) is 11.7. The van der Waals surface area contributed by atoms with E-state index < -0.39 is 0 Å². The second-order valence-corrected chi connectivity index (χ2v) is 6.31. The largest absolute Gasteiger partial charge is 0.300 e. The fourth-order valence-electron chi connectivity index (χ4n) is 2.59. The molecular formula is C23H32O. The topological polar surface area (TPSA) is 17.1 Å². The summed E-state index contributed by atoms with van der Waals surface area (Å²) in [6, 6.07) is 20.8. The molecule has 2 aromatic carbocycles. The SMILES string of the molecule is CCCCCCCCCC(C)=O.c1ccc(-c2ccccc2)cc1. The minimum Gasteiger partial charge on any atom is -0.300 e. The Balaban J connectivity index is 0.000000240. The predicted molar refractivity (Wildman–Crippen MR) is 105 cm³/mol. The lowest BCUT2D eigenvalue weighted by atomic mass is 10.1. The molecule has 0 aromatic heterocycles. The molecule has 0 aliphatic heterocycles. The number of unbranched alkanes of at least 4 members (excludes halogenated alkanes) is 6. The molecule has 0 aliphatic carbocycles. The molecule has 0 unspecified atom stereocenters. The zero-order valence-corrected chi connectivity index (χ0v) is 15.3. The predicted octanol–water partition coefficient (Wildman–Crippen LogP) is 7.07. The smallest absolute Gasteiger partial charge is 0.129 e. The van der Waals surface area contributed by atoms with Crippen molar-refractivity contribution in [3.8, 4) is 11.1 Å². The molecule has 0 saturated carbocycles. The third-order valence-electron chi connectivity index (χ3n) is 4.01. The Kier molecular flexibility index (Phi) is 11.4. The van der Waals surface area contributed by atoms with Crippen molar-refractivity contribution in [1.29, 1.82) is 0 Å². The molecule has 0 spiro atoms. The molecule has 0 aliphatic rings. The minimum absolute atomic E-state index is 0.337. The van der Waals surface area contributed by atoms with Crippen LogP contribution in [0.15, 0.2) is 60.7 Å². The lowest BCUT2D eigenvalue weighted by Gasteiger charge is -1.98. The van der Waals surface area contributed by atoms with Gasteiger partial charge in [-0.05, 0) is 24.5 Å². The molecule has 1 nitrogen and oxygen atoms in total. The van der Waals surface area contributed by atoms with E-state index in [1.165, 1.54) is 49.7 Å². The maximum atomic E-state index is 10.6. The quantitative estimate of drug-likeness (QED) is 0.451. The van der Waals surface area contributed by atoms with Gasteiger partial charge >= 0.3 is 0 Å². The molecule has 0 N–H and O–H groups in total. The van der Waals surface area contributed by atoms with Crippen molar-refractivity contribution in [2.75, 3.05) is 0 Å². The molecule has 0 heterocycles. The number of ketones is 1. The van der Waals surface area contributed by atoms with Crippen molar-refractivity contribution < 1.29 is 4.79 Å². The highest BCUT2D eigenvalue weighted by Crippen LogP contribution is 2.17. The molecule has 2 aromatic rings.